The highest BCUT2D eigenvalue weighted by atomic mass is 35.5. The van der Waals surface area contributed by atoms with Crippen molar-refractivity contribution in [2.24, 2.45) is 5.41 Å². The van der Waals surface area contributed by atoms with Gasteiger partial charge in [0.2, 0.25) is 5.91 Å². The summed E-state index contributed by atoms with van der Waals surface area (Å²) in [5.74, 6) is -0.110. The lowest BCUT2D eigenvalue weighted by atomic mass is 9.87. The maximum atomic E-state index is 12.1. The zero-order chi connectivity index (χ0) is 15.0. The van der Waals surface area contributed by atoms with Crippen molar-refractivity contribution >= 4 is 17.5 Å². The number of carbonyl (C=O) groups is 1. The molecule has 0 heterocycles. The Morgan fingerprint density at radius 3 is 2.50 bits per heavy atom. The minimum atomic E-state index is -0.609. The van der Waals surface area contributed by atoms with Crippen molar-refractivity contribution in [2.45, 2.75) is 51.8 Å². The van der Waals surface area contributed by atoms with E-state index in [9.17, 15) is 4.79 Å². The van der Waals surface area contributed by atoms with Crippen LogP contribution in [0.3, 0.4) is 0 Å². The summed E-state index contributed by atoms with van der Waals surface area (Å²) < 4.78 is 0. The Morgan fingerprint density at radius 1 is 1.25 bits per heavy atom. The molecule has 2 nitrogen and oxygen atoms in total. The van der Waals surface area contributed by atoms with Gasteiger partial charge in [-0.1, -0.05) is 70.4 Å². The predicted molar refractivity (Wildman–Crippen MR) is 86.0 cm³/mol. The van der Waals surface area contributed by atoms with Gasteiger partial charge in [0.25, 0.3) is 0 Å². The third-order valence-electron chi connectivity index (χ3n) is 3.52. The lowest BCUT2D eigenvalue weighted by Gasteiger charge is -2.25. The highest BCUT2D eigenvalue weighted by Crippen LogP contribution is 2.24. The van der Waals surface area contributed by atoms with Gasteiger partial charge < -0.3 is 5.32 Å². The zero-order valence-corrected chi connectivity index (χ0v) is 13.5. The van der Waals surface area contributed by atoms with Crippen molar-refractivity contribution in [3.8, 4) is 0 Å². The zero-order valence-electron chi connectivity index (χ0n) is 12.8. The molecule has 0 saturated heterocycles. The van der Waals surface area contributed by atoms with Gasteiger partial charge >= 0.3 is 0 Å². The van der Waals surface area contributed by atoms with Crippen LogP contribution >= 0.6 is 11.6 Å². The Hall–Kier alpha value is -1.02. The normalized spacial score (nSPS) is 13.0. The second-order valence-electron chi connectivity index (χ2n) is 6.11. The molecule has 0 bridgehead atoms. The second-order valence-corrected chi connectivity index (χ2v) is 6.55. The number of halogens is 1. The molecule has 1 aromatic rings. The quantitative estimate of drug-likeness (QED) is 0.547. The summed E-state index contributed by atoms with van der Waals surface area (Å²) >= 11 is 6.20. The molecule has 0 aliphatic rings. The van der Waals surface area contributed by atoms with Crippen LogP contribution < -0.4 is 5.32 Å². The van der Waals surface area contributed by atoms with Crippen molar-refractivity contribution in [1.82, 2.24) is 5.32 Å². The molecule has 112 valence electrons. The van der Waals surface area contributed by atoms with Gasteiger partial charge in [0.1, 0.15) is 5.38 Å². The summed E-state index contributed by atoms with van der Waals surface area (Å²) in [6, 6.07) is 9.47. The van der Waals surface area contributed by atoms with E-state index in [1.54, 1.807) is 0 Å². The van der Waals surface area contributed by atoms with E-state index >= 15 is 0 Å². The molecule has 0 radical (unpaired) electrons. The first-order chi connectivity index (χ1) is 9.46. The molecule has 0 aliphatic heterocycles. The topological polar surface area (TPSA) is 29.1 Å². The Morgan fingerprint density at radius 2 is 1.90 bits per heavy atom. The van der Waals surface area contributed by atoms with Gasteiger partial charge in [0, 0.05) is 6.54 Å². The summed E-state index contributed by atoms with van der Waals surface area (Å²) in [5, 5.41) is 2.37. The smallest absolute Gasteiger partial charge is 0.242 e. The first-order valence-corrected chi connectivity index (χ1v) is 7.86. The second kappa shape index (κ2) is 8.31. The standard InChI is InChI=1S/C17H26ClNO/c1-4-5-9-12-17(2,3)13-19-16(20)15(18)14-10-7-6-8-11-14/h6-8,10-11,15H,4-5,9,12-13H2,1-3H3,(H,19,20). The molecular weight excluding hydrogens is 270 g/mol. The maximum absolute atomic E-state index is 12.1. The van der Waals surface area contributed by atoms with Crippen LogP contribution in [-0.4, -0.2) is 12.5 Å². The monoisotopic (exact) mass is 295 g/mol. The summed E-state index contributed by atoms with van der Waals surface area (Å²) in [4.78, 5) is 12.1. The Balaban J connectivity index is 2.42. The van der Waals surface area contributed by atoms with Crippen molar-refractivity contribution in [3.05, 3.63) is 35.9 Å². The molecule has 3 heteroatoms. The van der Waals surface area contributed by atoms with Gasteiger partial charge in [-0.2, -0.15) is 0 Å². The first-order valence-electron chi connectivity index (χ1n) is 7.43. The van der Waals surface area contributed by atoms with E-state index in [1.165, 1.54) is 19.3 Å². The van der Waals surface area contributed by atoms with Gasteiger partial charge in [0.05, 0.1) is 0 Å². The number of alkyl halides is 1. The van der Waals surface area contributed by atoms with E-state index in [0.717, 1.165) is 12.0 Å². The van der Waals surface area contributed by atoms with Gasteiger partial charge in [-0.15, -0.1) is 11.6 Å². The lowest BCUT2D eigenvalue weighted by Crippen LogP contribution is -2.35. The van der Waals surface area contributed by atoms with E-state index < -0.39 is 5.38 Å². The van der Waals surface area contributed by atoms with Crippen LogP contribution in [0.15, 0.2) is 30.3 Å². The molecule has 1 aromatic carbocycles. The third-order valence-corrected chi connectivity index (χ3v) is 3.97. The molecule has 1 amide bonds. The van der Waals surface area contributed by atoms with Crippen molar-refractivity contribution in [2.75, 3.05) is 6.54 Å². The van der Waals surface area contributed by atoms with Gasteiger partial charge in [0.15, 0.2) is 0 Å². The number of amides is 1. The highest BCUT2D eigenvalue weighted by molar-refractivity contribution is 6.30. The summed E-state index contributed by atoms with van der Waals surface area (Å²) in [5.41, 5.74) is 0.966. The summed E-state index contributed by atoms with van der Waals surface area (Å²) in [6.45, 7) is 7.25. The number of unbranched alkanes of at least 4 members (excludes halogenated alkanes) is 2. The number of hydrogen-bond donors (Lipinski definition) is 1. The molecule has 1 rings (SSSR count). The molecule has 0 aliphatic carbocycles. The highest BCUT2D eigenvalue weighted by Gasteiger charge is 2.22. The fourth-order valence-corrected chi connectivity index (χ4v) is 2.35. The number of nitrogens with one attached hydrogen (secondary N) is 1. The molecule has 1 unspecified atom stereocenters. The van der Waals surface area contributed by atoms with Crippen molar-refractivity contribution in [1.29, 1.82) is 0 Å². The van der Waals surface area contributed by atoms with Crippen LogP contribution in [0.2, 0.25) is 0 Å². The maximum Gasteiger partial charge on any atom is 0.242 e. The van der Waals surface area contributed by atoms with Gasteiger partial charge in [-0.3, -0.25) is 4.79 Å². The van der Waals surface area contributed by atoms with E-state index in [-0.39, 0.29) is 11.3 Å². The molecule has 0 spiro atoms. The number of carbonyl (C=O) groups excluding carboxylic acids is 1. The largest absolute Gasteiger partial charge is 0.354 e. The van der Waals surface area contributed by atoms with Crippen LogP contribution in [0, 0.1) is 5.41 Å². The fraction of sp³-hybridized carbons (Fsp3) is 0.588. The van der Waals surface area contributed by atoms with Gasteiger partial charge in [-0.05, 0) is 17.4 Å². The molecule has 20 heavy (non-hydrogen) atoms. The van der Waals surface area contributed by atoms with E-state index in [4.69, 9.17) is 11.6 Å². The summed E-state index contributed by atoms with van der Waals surface area (Å²) in [7, 11) is 0. The first kappa shape index (κ1) is 17.0. The number of rotatable bonds is 8. The van der Waals surface area contributed by atoms with Crippen LogP contribution in [0.4, 0.5) is 0 Å². The van der Waals surface area contributed by atoms with Crippen LogP contribution in [0.5, 0.6) is 0 Å². The van der Waals surface area contributed by atoms with Crippen LogP contribution in [0.1, 0.15) is 57.4 Å². The van der Waals surface area contributed by atoms with Crippen LogP contribution in [0.25, 0.3) is 0 Å². The van der Waals surface area contributed by atoms with Crippen LogP contribution in [-0.2, 0) is 4.79 Å². The van der Waals surface area contributed by atoms with E-state index in [1.807, 2.05) is 30.3 Å². The van der Waals surface area contributed by atoms with Crippen molar-refractivity contribution in [3.63, 3.8) is 0 Å². The molecule has 1 N–H and O–H groups in total. The SMILES string of the molecule is CCCCCC(C)(C)CNC(=O)C(Cl)c1ccccc1. The molecule has 0 aromatic heterocycles. The minimum Gasteiger partial charge on any atom is -0.354 e. The number of benzene rings is 1. The summed E-state index contributed by atoms with van der Waals surface area (Å²) in [6.07, 6.45) is 4.81. The molecular formula is C17H26ClNO. The Bertz CT molecular complexity index is 403. The molecule has 0 saturated carbocycles. The average Bonchev–Trinajstić information content (AvgIpc) is 2.45. The van der Waals surface area contributed by atoms with Crippen molar-refractivity contribution < 1.29 is 4.79 Å². The minimum absolute atomic E-state index is 0.110. The predicted octanol–water partition coefficient (Wildman–Crippen LogP) is 4.69. The number of hydrogen-bond acceptors (Lipinski definition) is 1. The average molecular weight is 296 g/mol. The molecule has 0 fully saturated rings. The Kier molecular flexibility index (Phi) is 7.08. The Labute approximate surface area is 127 Å². The molecule has 1 atom stereocenters. The van der Waals surface area contributed by atoms with E-state index in [0.29, 0.717) is 6.54 Å². The lowest BCUT2D eigenvalue weighted by molar-refractivity contribution is -0.121. The fourth-order valence-electron chi connectivity index (χ4n) is 2.13. The third kappa shape index (κ3) is 5.96. The van der Waals surface area contributed by atoms with Gasteiger partial charge in [-0.25, -0.2) is 0 Å². The van der Waals surface area contributed by atoms with E-state index in [2.05, 4.69) is 26.1 Å².